The summed E-state index contributed by atoms with van der Waals surface area (Å²) in [7, 11) is 0. The van der Waals surface area contributed by atoms with Crippen molar-refractivity contribution in [1.82, 2.24) is 15.3 Å². The third kappa shape index (κ3) is 6.04. The van der Waals surface area contributed by atoms with Crippen LogP contribution in [0.5, 0.6) is 0 Å². The van der Waals surface area contributed by atoms with Crippen LogP contribution in [0.25, 0.3) is 0 Å². The van der Waals surface area contributed by atoms with Gasteiger partial charge in [0.2, 0.25) is 5.95 Å². The van der Waals surface area contributed by atoms with Gasteiger partial charge in [-0.25, -0.2) is 4.98 Å². The Morgan fingerprint density at radius 3 is 2.85 bits per heavy atom. The quantitative estimate of drug-likeness (QED) is 0.423. The van der Waals surface area contributed by atoms with Crippen LogP contribution in [-0.2, 0) is 6.42 Å². The molecule has 0 amide bonds. The number of aryl methyl sites for hydroxylation is 1. The summed E-state index contributed by atoms with van der Waals surface area (Å²) in [5, 5.41) is 7.21. The van der Waals surface area contributed by atoms with Crippen LogP contribution in [0.4, 0.5) is 11.8 Å². The Morgan fingerprint density at radius 1 is 1.26 bits per heavy atom. The second kappa shape index (κ2) is 9.85. The zero-order valence-corrected chi connectivity index (χ0v) is 17.2. The van der Waals surface area contributed by atoms with Gasteiger partial charge in [-0.15, -0.1) is 0 Å². The molecule has 2 N–H and O–H groups in total. The van der Waals surface area contributed by atoms with Crippen molar-refractivity contribution >= 4 is 40.7 Å². The van der Waals surface area contributed by atoms with E-state index in [0.717, 1.165) is 31.7 Å². The second-order valence-electron chi connectivity index (χ2n) is 6.88. The maximum atomic E-state index is 6.21. The van der Waals surface area contributed by atoms with Crippen molar-refractivity contribution in [2.24, 2.45) is 0 Å². The Morgan fingerprint density at radius 2 is 2.07 bits per heavy atom. The van der Waals surface area contributed by atoms with Gasteiger partial charge < -0.3 is 15.5 Å². The van der Waals surface area contributed by atoms with Gasteiger partial charge in [0.25, 0.3) is 0 Å². The number of halogens is 1. The molecule has 144 valence electrons. The minimum Gasteiger partial charge on any atom is -0.362 e. The molecule has 5 nitrogen and oxygen atoms in total. The van der Waals surface area contributed by atoms with Crippen LogP contribution in [0.2, 0.25) is 5.15 Å². The van der Waals surface area contributed by atoms with E-state index in [1.165, 1.54) is 24.8 Å². The number of anilines is 2. The molecule has 0 spiro atoms. The molecule has 1 fully saturated rings. The molecule has 1 saturated heterocycles. The van der Waals surface area contributed by atoms with Gasteiger partial charge in [0.1, 0.15) is 11.0 Å². The summed E-state index contributed by atoms with van der Waals surface area (Å²) >= 11 is 11.6. The molecule has 1 aliphatic heterocycles. The molecule has 7 heteroatoms. The van der Waals surface area contributed by atoms with Crippen LogP contribution in [0.3, 0.4) is 0 Å². The van der Waals surface area contributed by atoms with E-state index >= 15 is 0 Å². The summed E-state index contributed by atoms with van der Waals surface area (Å²) < 4.78 is 0. The first-order chi connectivity index (χ1) is 13.1. The molecule has 1 unspecified atom stereocenters. The number of hydrogen-bond acceptors (Lipinski definition) is 4. The number of nitrogens with zero attached hydrogens (tertiary/aromatic N) is 3. The molecule has 1 aliphatic rings. The number of piperidine rings is 1. The Hall–Kier alpha value is -1.92. The summed E-state index contributed by atoms with van der Waals surface area (Å²) in [6.45, 7) is 4.01. The average Bonchev–Trinajstić information content (AvgIpc) is 2.66. The first kappa shape index (κ1) is 19.8. The van der Waals surface area contributed by atoms with Gasteiger partial charge >= 0.3 is 0 Å². The molecule has 0 aliphatic carbocycles. The number of rotatable bonds is 6. The Kier molecular flexibility index (Phi) is 7.24. The Bertz CT molecular complexity index is 755. The van der Waals surface area contributed by atoms with Gasteiger partial charge in [0.05, 0.1) is 0 Å². The number of aromatic nitrogens is 2. The lowest BCUT2D eigenvalue weighted by atomic mass is 10.0. The van der Waals surface area contributed by atoms with Gasteiger partial charge in [-0.1, -0.05) is 41.9 Å². The SMILES string of the molecule is CC1CCCCN1c1cc(Cl)nc(NC(=S)NCCCc2ccccc2)n1. The van der Waals surface area contributed by atoms with Crippen LogP contribution < -0.4 is 15.5 Å². The third-order valence-electron chi connectivity index (χ3n) is 4.77. The van der Waals surface area contributed by atoms with E-state index in [-0.39, 0.29) is 0 Å². The van der Waals surface area contributed by atoms with E-state index in [4.69, 9.17) is 23.8 Å². The van der Waals surface area contributed by atoms with E-state index in [0.29, 0.717) is 22.3 Å². The van der Waals surface area contributed by atoms with Crippen molar-refractivity contribution in [2.75, 3.05) is 23.3 Å². The number of thiocarbonyl (C=S) groups is 1. The molecule has 0 radical (unpaired) electrons. The van der Waals surface area contributed by atoms with E-state index in [9.17, 15) is 0 Å². The summed E-state index contributed by atoms with van der Waals surface area (Å²) in [6.07, 6.45) is 5.63. The summed E-state index contributed by atoms with van der Waals surface area (Å²) in [6, 6.07) is 12.7. The van der Waals surface area contributed by atoms with Crippen LogP contribution in [0.1, 0.15) is 38.2 Å². The molecule has 0 saturated carbocycles. The fourth-order valence-corrected chi connectivity index (χ4v) is 3.70. The molecule has 1 atom stereocenters. The predicted molar refractivity (Wildman–Crippen MR) is 117 cm³/mol. The van der Waals surface area contributed by atoms with Crippen molar-refractivity contribution < 1.29 is 0 Å². The van der Waals surface area contributed by atoms with Crippen LogP contribution >= 0.6 is 23.8 Å². The zero-order valence-electron chi connectivity index (χ0n) is 15.6. The van der Waals surface area contributed by atoms with E-state index in [2.05, 4.69) is 56.7 Å². The van der Waals surface area contributed by atoms with Gasteiger partial charge in [0, 0.05) is 25.2 Å². The lowest BCUT2D eigenvalue weighted by Gasteiger charge is -2.34. The smallest absolute Gasteiger partial charge is 0.232 e. The fraction of sp³-hybridized carbons (Fsp3) is 0.450. The highest BCUT2D eigenvalue weighted by atomic mass is 35.5. The maximum Gasteiger partial charge on any atom is 0.232 e. The van der Waals surface area contributed by atoms with Crippen molar-refractivity contribution in [3.8, 4) is 0 Å². The molecular formula is C20H26ClN5S. The molecule has 0 bridgehead atoms. The fourth-order valence-electron chi connectivity index (χ4n) is 3.33. The van der Waals surface area contributed by atoms with Crippen LogP contribution in [-0.4, -0.2) is 34.2 Å². The minimum atomic E-state index is 0.423. The first-order valence-corrected chi connectivity index (χ1v) is 10.3. The highest BCUT2D eigenvalue weighted by Crippen LogP contribution is 2.25. The standard InChI is InChI=1S/C20H26ClN5S/c1-15-8-5-6-13-26(15)18-14-17(21)23-19(24-18)25-20(27)22-12-7-11-16-9-3-2-4-10-16/h2-4,9-10,14-15H,5-8,11-13H2,1H3,(H2,22,23,24,25,27). The summed E-state index contributed by atoms with van der Waals surface area (Å²) in [5.74, 6) is 1.30. The van der Waals surface area contributed by atoms with Gasteiger partial charge in [-0.2, -0.15) is 4.98 Å². The largest absolute Gasteiger partial charge is 0.362 e. The zero-order chi connectivity index (χ0) is 19.1. The van der Waals surface area contributed by atoms with Gasteiger partial charge in [-0.3, -0.25) is 0 Å². The minimum absolute atomic E-state index is 0.423. The maximum absolute atomic E-state index is 6.21. The topological polar surface area (TPSA) is 53.1 Å². The summed E-state index contributed by atoms with van der Waals surface area (Å²) in [5.41, 5.74) is 1.33. The molecule has 1 aromatic carbocycles. The summed E-state index contributed by atoms with van der Waals surface area (Å²) in [4.78, 5) is 11.2. The molecular weight excluding hydrogens is 378 g/mol. The van der Waals surface area contributed by atoms with Gasteiger partial charge in [0.15, 0.2) is 5.11 Å². The highest BCUT2D eigenvalue weighted by Gasteiger charge is 2.20. The first-order valence-electron chi connectivity index (χ1n) is 9.52. The molecule has 2 heterocycles. The Balaban J connectivity index is 1.51. The third-order valence-corrected chi connectivity index (χ3v) is 5.21. The number of benzene rings is 1. The van der Waals surface area contributed by atoms with Crippen molar-refractivity contribution in [1.29, 1.82) is 0 Å². The molecule has 27 heavy (non-hydrogen) atoms. The number of nitrogens with one attached hydrogen (secondary N) is 2. The Labute approximate surface area is 171 Å². The lowest BCUT2D eigenvalue weighted by Crippen LogP contribution is -2.38. The second-order valence-corrected chi connectivity index (χ2v) is 7.68. The predicted octanol–water partition coefficient (Wildman–Crippen LogP) is 4.43. The molecule has 2 aromatic rings. The van der Waals surface area contributed by atoms with E-state index < -0.39 is 0 Å². The van der Waals surface area contributed by atoms with E-state index in [1.807, 2.05) is 12.1 Å². The lowest BCUT2D eigenvalue weighted by molar-refractivity contribution is 0.481. The molecule has 1 aromatic heterocycles. The highest BCUT2D eigenvalue weighted by molar-refractivity contribution is 7.80. The van der Waals surface area contributed by atoms with Crippen molar-refractivity contribution in [3.05, 3.63) is 47.1 Å². The molecule has 3 rings (SSSR count). The van der Waals surface area contributed by atoms with Crippen LogP contribution in [0.15, 0.2) is 36.4 Å². The van der Waals surface area contributed by atoms with E-state index in [1.54, 1.807) is 0 Å². The monoisotopic (exact) mass is 403 g/mol. The average molecular weight is 404 g/mol. The number of hydrogen-bond donors (Lipinski definition) is 2. The normalized spacial score (nSPS) is 16.8. The van der Waals surface area contributed by atoms with Crippen LogP contribution in [0, 0.1) is 0 Å². The van der Waals surface area contributed by atoms with Gasteiger partial charge in [-0.05, 0) is 56.8 Å². The van der Waals surface area contributed by atoms with Crippen molar-refractivity contribution in [3.63, 3.8) is 0 Å². The van der Waals surface area contributed by atoms with Crippen molar-refractivity contribution in [2.45, 2.75) is 45.1 Å².